The standard InChI is InChI=1S/C17H20N2/c1-2-9-16(10-3-1)18-12-14-19-13-6-8-15-7-4-5-11-17(15)19/h1-5,7,9-11,18H,6,8,12-14H2. The Morgan fingerprint density at radius 3 is 2.63 bits per heavy atom. The van der Waals surface area contributed by atoms with E-state index in [0.717, 1.165) is 13.1 Å². The van der Waals surface area contributed by atoms with Gasteiger partial charge in [0, 0.05) is 31.0 Å². The van der Waals surface area contributed by atoms with Gasteiger partial charge in [-0.1, -0.05) is 36.4 Å². The van der Waals surface area contributed by atoms with E-state index >= 15 is 0 Å². The Hall–Kier alpha value is -1.96. The van der Waals surface area contributed by atoms with Gasteiger partial charge in [-0.2, -0.15) is 0 Å². The summed E-state index contributed by atoms with van der Waals surface area (Å²) < 4.78 is 0. The Balaban J connectivity index is 1.59. The molecule has 0 aliphatic carbocycles. The zero-order chi connectivity index (χ0) is 12.9. The number of rotatable bonds is 4. The SMILES string of the molecule is c1ccc(NCCN2CCCc3ccccc32)cc1. The molecule has 0 unspecified atom stereocenters. The van der Waals surface area contributed by atoms with Gasteiger partial charge < -0.3 is 10.2 Å². The average molecular weight is 252 g/mol. The van der Waals surface area contributed by atoms with Crippen molar-refractivity contribution < 1.29 is 0 Å². The van der Waals surface area contributed by atoms with Crippen molar-refractivity contribution in [2.24, 2.45) is 0 Å². The van der Waals surface area contributed by atoms with Gasteiger partial charge in [-0.05, 0) is 36.6 Å². The van der Waals surface area contributed by atoms with Gasteiger partial charge in [0.15, 0.2) is 0 Å². The van der Waals surface area contributed by atoms with Gasteiger partial charge in [0.1, 0.15) is 0 Å². The van der Waals surface area contributed by atoms with Crippen LogP contribution < -0.4 is 10.2 Å². The second-order valence-electron chi connectivity index (χ2n) is 5.01. The molecule has 2 heteroatoms. The lowest BCUT2D eigenvalue weighted by Gasteiger charge is -2.31. The summed E-state index contributed by atoms with van der Waals surface area (Å²) in [5, 5.41) is 3.48. The van der Waals surface area contributed by atoms with E-state index in [2.05, 4.69) is 58.7 Å². The predicted molar refractivity (Wildman–Crippen MR) is 81.9 cm³/mol. The van der Waals surface area contributed by atoms with Gasteiger partial charge >= 0.3 is 0 Å². The fraction of sp³-hybridized carbons (Fsp3) is 0.294. The Bertz CT molecular complexity index is 522. The molecule has 2 nitrogen and oxygen atoms in total. The van der Waals surface area contributed by atoms with Gasteiger partial charge in [-0.25, -0.2) is 0 Å². The maximum absolute atomic E-state index is 3.48. The summed E-state index contributed by atoms with van der Waals surface area (Å²) in [5.41, 5.74) is 4.12. The first-order valence-corrected chi connectivity index (χ1v) is 7.05. The molecular weight excluding hydrogens is 232 g/mol. The van der Waals surface area contributed by atoms with Crippen molar-refractivity contribution in [3.63, 3.8) is 0 Å². The molecule has 0 atom stereocenters. The first kappa shape index (κ1) is 12.1. The summed E-state index contributed by atoms with van der Waals surface area (Å²) in [6.07, 6.45) is 2.49. The molecule has 0 radical (unpaired) electrons. The highest BCUT2D eigenvalue weighted by Gasteiger charge is 2.15. The summed E-state index contributed by atoms with van der Waals surface area (Å²) in [6.45, 7) is 3.22. The molecule has 1 aliphatic heterocycles. The van der Waals surface area contributed by atoms with Crippen LogP contribution >= 0.6 is 0 Å². The van der Waals surface area contributed by atoms with Crippen LogP contribution in [0.3, 0.4) is 0 Å². The zero-order valence-corrected chi connectivity index (χ0v) is 11.2. The minimum atomic E-state index is 0.984. The number of nitrogens with zero attached hydrogens (tertiary/aromatic N) is 1. The first-order chi connectivity index (χ1) is 9.43. The van der Waals surface area contributed by atoms with Gasteiger partial charge in [0.25, 0.3) is 0 Å². The number of anilines is 2. The van der Waals surface area contributed by atoms with Crippen LogP contribution in [-0.2, 0) is 6.42 Å². The van der Waals surface area contributed by atoms with E-state index in [-0.39, 0.29) is 0 Å². The van der Waals surface area contributed by atoms with Crippen LogP contribution in [0.5, 0.6) is 0 Å². The van der Waals surface area contributed by atoms with E-state index in [1.165, 1.54) is 36.3 Å². The summed E-state index contributed by atoms with van der Waals surface area (Å²) in [4.78, 5) is 2.49. The molecule has 0 saturated carbocycles. The predicted octanol–water partition coefficient (Wildman–Crippen LogP) is 3.55. The van der Waals surface area contributed by atoms with E-state index in [4.69, 9.17) is 0 Å². The molecule has 2 aromatic carbocycles. The number of aryl methyl sites for hydroxylation is 1. The minimum Gasteiger partial charge on any atom is -0.383 e. The van der Waals surface area contributed by atoms with Crippen LogP contribution in [0.25, 0.3) is 0 Å². The van der Waals surface area contributed by atoms with Crippen LogP contribution in [0, 0.1) is 0 Å². The maximum Gasteiger partial charge on any atom is 0.0399 e. The van der Waals surface area contributed by atoms with E-state index in [9.17, 15) is 0 Å². The number of benzene rings is 2. The van der Waals surface area contributed by atoms with Crippen LogP contribution in [-0.4, -0.2) is 19.6 Å². The lowest BCUT2D eigenvalue weighted by molar-refractivity contribution is 0.698. The fourth-order valence-electron chi connectivity index (χ4n) is 2.74. The molecule has 0 bridgehead atoms. The average Bonchev–Trinajstić information content (AvgIpc) is 2.49. The van der Waals surface area contributed by atoms with Crippen molar-refractivity contribution >= 4 is 11.4 Å². The lowest BCUT2D eigenvalue weighted by Crippen LogP contribution is -2.33. The van der Waals surface area contributed by atoms with Gasteiger partial charge in [-0.3, -0.25) is 0 Å². The number of fused-ring (bicyclic) bond motifs is 1. The first-order valence-electron chi connectivity index (χ1n) is 7.05. The zero-order valence-electron chi connectivity index (χ0n) is 11.2. The number of hydrogen-bond acceptors (Lipinski definition) is 2. The molecule has 0 saturated heterocycles. The molecule has 1 heterocycles. The molecular formula is C17H20N2. The van der Waals surface area contributed by atoms with Crippen molar-refractivity contribution in [1.82, 2.24) is 0 Å². The van der Waals surface area contributed by atoms with Gasteiger partial charge in [0.2, 0.25) is 0 Å². The van der Waals surface area contributed by atoms with E-state index in [1.807, 2.05) is 6.07 Å². The summed E-state index contributed by atoms with van der Waals surface area (Å²) in [6, 6.07) is 19.2. The molecule has 3 rings (SSSR count). The third-order valence-corrected chi connectivity index (χ3v) is 3.69. The maximum atomic E-state index is 3.48. The van der Waals surface area contributed by atoms with Gasteiger partial charge in [-0.15, -0.1) is 0 Å². The number of para-hydroxylation sites is 2. The molecule has 19 heavy (non-hydrogen) atoms. The Labute approximate surface area is 115 Å². The monoisotopic (exact) mass is 252 g/mol. The fourth-order valence-corrected chi connectivity index (χ4v) is 2.74. The van der Waals surface area contributed by atoms with Crippen molar-refractivity contribution in [3.8, 4) is 0 Å². The van der Waals surface area contributed by atoms with Gasteiger partial charge in [0.05, 0.1) is 0 Å². The lowest BCUT2D eigenvalue weighted by atomic mass is 10.0. The summed E-state index contributed by atoms with van der Waals surface area (Å²) in [5.74, 6) is 0. The largest absolute Gasteiger partial charge is 0.383 e. The quantitative estimate of drug-likeness (QED) is 0.895. The van der Waals surface area contributed by atoms with Crippen molar-refractivity contribution in [2.45, 2.75) is 12.8 Å². The molecule has 98 valence electrons. The van der Waals surface area contributed by atoms with Crippen LogP contribution in [0.2, 0.25) is 0 Å². The van der Waals surface area contributed by atoms with Crippen molar-refractivity contribution in [1.29, 1.82) is 0 Å². The molecule has 0 aromatic heterocycles. The summed E-state index contributed by atoms with van der Waals surface area (Å²) in [7, 11) is 0. The Kier molecular flexibility index (Phi) is 3.68. The normalized spacial score (nSPS) is 14.0. The second kappa shape index (κ2) is 5.79. The summed E-state index contributed by atoms with van der Waals surface area (Å²) >= 11 is 0. The van der Waals surface area contributed by atoms with E-state index in [1.54, 1.807) is 0 Å². The second-order valence-corrected chi connectivity index (χ2v) is 5.01. The molecule has 1 aliphatic rings. The topological polar surface area (TPSA) is 15.3 Å². The smallest absolute Gasteiger partial charge is 0.0399 e. The highest BCUT2D eigenvalue weighted by atomic mass is 15.1. The molecule has 0 amide bonds. The molecule has 0 fully saturated rings. The minimum absolute atomic E-state index is 0.984. The van der Waals surface area contributed by atoms with Crippen molar-refractivity contribution in [2.75, 3.05) is 29.9 Å². The molecule has 0 spiro atoms. The van der Waals surface area contributed by atoms with Crippen LogP contribution in [0.1, 0.15) is 12.0 Å². The molecule has 1 N–H and O–H groups in total. The van der Waals surface area contributed by atoms with Crippen molar-refractivity contribution in [3.05, 3.63) is 60.2 Å². The Morgan fingerprint density at radius 2 is 1.74 bits per heavy atom. The third kappa shape index (κ3) is 2.90. The Morgan fingerprint density at radius 1 is 0.947 bits per heavy atom. The number of nitrogens with one attached hydrogen (secondary N) is 1. The highest BCUT2D eigenvalue weighted by molar-refractivity contribution is 5.55. The van der Waals surface area contributed by atoms with Crippen LogP contribution in [0.15, 0.2) is 54.6 Å². The van der Waals surface area contributed by atoms with E-state index in [0.29, 0.717) is 0 Å². The number of hydrogen-bond donors (Lipinski definition) is 1. The van der Waals surface area contributed by atoms with E-state index < -0.39 is 0 Å². The molecule has 2 aromatic rings. The van der Waals surface area contributed by atoms with Crippen LogP contribution in [0.4, 0.5) is 11.4 Å². The highest BCUT2D eigenvalue weighted by Crippen LogP contribution is 2.26. The third-order valence-electron chi connectivity index (χ3n) is 3.69.